The maximum Gasteiger partial charge on any atom is 0.255 e. The standard InChI is InChI=1S/C17H17Cl2NO2/c1-2-3-8-22-16-6-4-15(5-7-16)20-17(21)12-9-13(18)11-14(19)10-12/h4-7,9-11H,2-3,8H2,1H3,(H,20,21). The molecule has 1 amide bonds. The average molecular weight is 338 g/mol. The number of nitrogens with one attached hydrogen (secondary N) is 1. The summed E-state index contributed by atoms with van der Waals surface area (Å²) in [6, 6.07) is 12.0. The Balaban J connectivity index is 1.99. The van der Waals surface area contributed by atoms with Crippen LogP contribution in [0.4, 0.5) is 5.69 Å². The van der Waals surface area contributed by atoms with E-state index in [2.05, 4.69) is 12.2 Å². The molecule has 0 atom stereocenters. The molecule has 0 aliphatic rings. The molecule has 0 heterocycles. The van der Waals surface area contributed by atoms with Crippen molar-refractivity contribution in [3.8, 4) is 5.75 Å². The van der Waals surface area contributed by atoms with Crippen molar-refractivity contribution in [1.29, 1.82) is 0 Å². The molecule has 0 aromatic heterocycles. The highest BCUT2D eigenvalue weighted by Crippen LogP contribution is 2.21. The van der Waals surface area contributed by atoms with Crippen molar-refractivity contribution in [3.05, 3.63) is 58.1 Å². The normalized spacial score (nSPS) is 10.3. The number of carbonyl (C=O) groups is 1. The molecular weight excluding hydrogens is 321 g/mol. The number of ether oxygens (including phenoxy) is 1. The van der Waals surface area contributed by atoms with Crippen LogP contribution in [0, 0.1) is 0 Å². The molecule has 0 fully saturated rings. The van der Waals surface area contributed by atoms with E-state index in [9.17, 15) is 4.79 Å². The molecule has 0 unspecified atom stereocenters. The van der Waals surface area contributed by atoms with Gasteiger partial charge in [-0.3, -0.25) is 4.79 Å². The third kappa shape index (κ3) is 4.93. The van der Waals surface area contributed by atoms with Gasteiger partial charge in [0.25, 0.3) is 5.91 Å². The number of unbranched alkanes of at least 4 members (excludes halogenated alkanes) is 1. The molecular formula is C17H17Cl2NO2. The topological polar surface area (TPSA) is 38.3 Å². The van der Waals surface area contributed by atoms with E-state index in [0.717, 1.165) is 18.6 Å². The molecule has 0 aliphatic heterocycles. The third-order valence-corrected chi connectivity index (χ3v) is 3.44. The van der Waals surface area contributed by atoms with Crippen molar-refractivity contribution in [2.24, 2.45) is 0 Å². The Hall–Kier alpha value is -1.71. The minimum absolute atomic E-state index is 0.260. The summed E-state index contributed by atoms with van der Waals surface area (Å²) in [6.07, 6.45) is 2.12. The molecule has 0 bridgehead atoms. The summed E-state index contributed by atoms with van der Waals surface area (Å²) < 4.78 is 5.57. The summed E-state index contributed by atoms with van der Waals surface area (Å²) in [7, 11) is 0. The lowest BCUT2D eigenvalue weighted by Gasteiger charge is -2.08. The minimum Gasteiger partial charge on any atom is -0.494 e. The smallest absolute Gasteiger partial charge is 0.255 e. The van der Waals surface area contributed by atoms with Gasteiger partial charge in [0.1, 0.15) is 5.75 Å². The fourth-order valence-corrected chi connectivity index (χ4v) is 2.38. The van der Waals surface area contributed by atoms with E-state index in [-0.39, 0.29) is 5.91 Å². The average Bonchev–Trinajstić information content (AvgIpc) is 2.48. The van der Waals surface area contributed by atoms with Crippen LogP contribution in [0.25, 0.3) is 0 Å². The lowest BCUT2D eigenvalue weighted by molar-refractivity contribution is 0.102. The van der Waals surface area contributed by atoms with E-state index in [1.807, 2.05) is 12.1 Å². The maximum absolute atomic E-state index is 12.2. The van der Waals surface area contributed by atoms with Crippen LogP contribution in [0.2, 0.25) is 10.0 Å². The molecule has 0 aliphatic carbocycles. The van der Waals surface area contributed by atoms with Gasteiger partial charge in [-0.2, -0.15) is 0 Å². The number of anilines is 1. The highest BCUT2D eigenvalue weighted by molar-refractivity contribution is 6.35. The Bertz CT molecular complexity index is 621. The van der Waals surface area contributed by atoms with Crippen LogP contribution < -0.4 is 10.1 Å². The lowest BCUT2D eigenvalue weighted by Crippen LogP contribution is -2.11. The van der Waals surface area contributed by atoms with Gasteiger partial charge in [0, 0.05) is 21.3 Å². The number of hydrogen-bond donors (Lipinski definition) is 1. The number of carbonyl (C=O) groups excluding carboxylic acids is 1. The third-order valence-electron chi connectivity index (χ3n) is 3.00. The van der Waals surface area contributed by atoms with Crippen molar-refractivity contribution < 1.29 is 9.53 Å². The first kappa shape index (κ1) is 16.7. The van der Waals surface area contributed by atoms with E-state index in [0.29, 0.717) is 27.9 Å². The molecule has 2 aromatic rings. The van der Waals surface area contributed by atoms with Gasteiger partial charge in [-0.1, -0.05) is 36.5 Å². The van der Waals surface area contributed by atoms with Crippen molar-refractivity contribution in [2.75, 3.05) is 11.9 Å². The van der Waals surface area contributed by atoms with Crippen LogP contribution in [-0.4, -0.2) is 12.5 Å². The van der Waals surface area contributed by atoms with Gasteiger partial charge in [0.05, 0.1) is 6.61 Å². The van der Waals surface area contributed by atoms with E-state index >= 15 is 0 Å². The Labute approximate surface area is 140 Å². The second-order valence-electron chi connectivity index (χ2n) is 4.84. The lowest BCUT2D eigenvalue weighted by atomic mass is 10.2. The number of hydrogen-bond acceptors (Lipinski definition) is 2. The Kier molecular flexibility index (Phi) is 6.10. The van der Waals surface area contributed by atoms with Crippen molar-refractivity contribution >= 4 is 34.8 Å². The predicted octanol–water partition coefficient (Wildman–Crippen LogP) is 5.42. The summed E-state index contributed by atoms with van der Waals surface area (Å²) >= 11 is 11.8. The fraction of sp³-hybridized carbons (Fsp3) is 0.235. The van der Waals surface area contributed by atoms with Gasteiger partial charge < -0.3 is 10.1 Å². The zero-order valence-corrected chi connectivity index (χ0v) is 13.7. The molecule has 0 saturated carbocycles. The van der Waals surface area contributed by atoms with E-state index in [1.165, 1.54) is 0 Å². The number of benzene rings is 2. The first-order chi connectivity index (χ1) is 10.6. The summed E-state index contributed by atoms with van der Waals surface area (Å²) in [5, 5.41) is 3.65. The van der Waals surface area contributed by atoms with Crippen molar-refractivity contribution in [2.45, 2.75) is 19.8 Å². The number of halogens is 2. The first-order valence-corrected chi connectivity index (χ1v) is 7.84. The highest BCUT2D eigenvalue weighted by Gasteiger charge is 2.08. The molecule has 2 rings (SSSR count). The number of rotatable bonds is 6. The molecule has 2 aromatic carbocycles. The largest absolute Gasteiger partial charge is 0.494 e. The van der Waals surface area contributed by atoms with Gasteiger partial charge in [-0.15, -0.1) is 0 Å². The second kappa shape index (κ2) is 8.06. The van der Waals surface area contributed by atoms with Crippen LogP contribution in [-0.2, 0) is 0 Å². The molecule has 0 spiro atoms. The van der Waals surface area contributed by atoms with Gasteiger partial charge in [0.2, 0.25) is 0 Å². The van der Waals surface area contributed by atoms with E-state index in [1.54, 1.807) is 30.3 Å². The van der Waals surface area contributed by atoms with Crippen LogP contribution in [0.1, 0.15) is 30.1 Å². The Morgan fingerprint density at radius 1 is 1.09 bits per heavy atom. The summed E-state index contributed by atoms with van der Waals surface area (Å²) in [6.45, 7) is 2.81. The molecule has 0 radical (unpaired) electrons. The Morgan fingerprint density at radius 2 is 1.73 bits per heavy atom. The molecule has 1 N–H and O–H groups in total. The van der Waals surface area contributed by atoms with Crippen LogP contribution in [0.15, 0.2) is 42.5 Å². The van der Waals surface area contributed by atoms with Crippen LogP contribution >= 0.6 is 23.2 Å². The van der Waals surface area contributed by atoms with Crippen molar-refractivity contribution in [1.82, 2.24) is 0 Å². The molecule has 0 saturated heterocycles. The highest BCUT2D eigenvalue weighted by atomic mass is 35.5. The second-order valence-corrected chi connectivity index (χ2v) is 5.71. The van der Waals surface area contributed by atoms with E-state index in [4.69, 9.17) is 27.9 Å². The first-order valence-electron chi connectivity index (χ1n) is 7.09. The van der Waals surface area contributed by atoms with E-state index < -0.39 is 0 Å². The van der Waals surface area contributed by atoms with Crippen LogP contribution in [0.5, 0.6) is 5.75 Å². The minimum atomic E-state index is -0.260. The zero-order chi connectivity index (χ0) is 15.9. The van der Waals surface area contributed by atoms with Crippen LogP contribution in [0.3, 0.4) is 0 Å². The SMILES string of the molecule is CCCCOc1ccc(NC(=O)c2cc(Cl)cc(Cl)c2)cc1. The molecule has 22 heavy (non-hydrogen) atoms. The van der Waals surface area contributed by atoms with Crippen molar-refractivity contribution in [3.63, 3.8) is 0 Å². The summed E-state index contributed by atoms with van der Waals surface area (Å²) in [5.41, 5.74) is 1.10. The maximum atomic E-state index is 12.2. The Morgan fingerprint density at radius 3 is 2.32 bits per heavy atom. The molecule has 5 heteroatoms. The summed E-state index contributed by atoms with van der Waals surface area (Å²) in [4.78, 5) is 12.2. The zero-order valence-electron chi connectivity index (χ0n) is 12.2. The molecule has 3 nitrogen and oxygen atoms in total. The van der Waals surface area contributed by atoms with Gasteiger partial charge in [-0.25, -0.2) is 0 Å². The quantitative estimate of drug-likeness (QED) is 0.714. The predicted molar refractivity (Wildman–Crippen MR) is 91.3 cm³/mol. The van der Waals surface area contributed by atoms with Gasteiger partial charge >= 0.3 is 0 Å². The number of amides is 1. The van der Waals surface area contributed by atoms with Gasteiger partial charge in [0.15, 0.2) is 0 Å². The summed E-state index contributed by atoms with van der Waals surface area (Å²) in [5.74, 6) is 0.529. The monoisotopic (exact) mass is 337 g/mol. The molecule has 116 valence electrons. The fourth-order valence-electron chi connectivity index (χ4n) is 1.86. The van der Waals surface area contributed by atoms with Gasteiger partial charge in [-0.05, 0) is 48.9 Å².